The Kier molecular flexibility index (Phi) is 30.4. The number of carboxylic acids is 1. The minimum Gasteiger partial charge on any atom is -0.494 e. The number of carbonyl (C=O) groups is 10. The van der Waals surface area contributed by atoms with E-state index in [0.717, 1.165) is 57.5 Å². The summed E-state index contributed by atoms with van der Waals surface area (Å²) < 4.78 is 45.3. The van der Waals surface area contributed by atoms with Gasteiger partial charge in [0.2, 0.25) is 35.4 Å². The number of amides is 7. The molecule has 4 fully saturated rings. The van der Waals surface area contributed by atoms with Crippen LogP contribution < -0.4 is 20.7 Å². The van der Waals surface area contributed by atoms with Crippen molar-refractivity contribution in [3.8, 4) is 18.1 Å². The zero-order valence-electron chi connectivity index (χ0n) is 52.9. The Morgan fingerprint density at radius 1 is 0.798 bits per heavy atom. The number of likely N-dealkylation sites (tertiary alicyclic amines) is 3. The molecule has 1 aromatic heterocycles. The third-order valence-electron chi connectivity index (χ3n) is 17.1. The van der Waals surface area contributed by atoms with E-state index in [4.69, 9.17) is 20.6 Å². The van der Waals surface area contributed by atoms with Gasteiger partial charge >= 0.3 is 5.97 Å². The monoisotopic (exact) mass is 1440 g/mol. The number of thioether (sulfide) groups is 1. The number of terminal acetylenes is 1. The fraction of sp³-hybridized carbons (Fsp3) is 0.585. The van der Waals surface area contributed by atoms with Gasteiger partial charge in [-0.25, -0.2) is 8.78 Å². The molecule has 4 aliphatic rings. The molecule has 0 spiro atoms. The largest absolute Gasteiger partial charge is 0.494 e. The molecule has 0 bridgehead atoms. The average molecular weight is 1440 g/mol. The van der Waals surface area contributed by atoms with Crippen LogP contribution in [0.4, 0.5) is 8.78 Å². The Morgan fingerprint density at radius 2 is 1.47 bits per heavy atom. The van der Waals surface area contributed by atoms with Crippen molar-refractivity contribution in [1.82, 2.24) is 55.2 Å². The molecule has 0 saturated carbocycles. The first-order chi connectivity index (χ1) is 45.3. The highest BCUT2D eigenvalue weighted by atomic mass is 127. The Morgan fingerprint density at radius 3 is 2.13 bits per heavy atom. The van der Waals surface area contributed by atoms with E-state index in [0.29, 0.717) is 146 Å². The SMILES string of the molecule is C#C[C@H]1CC(F)(F)CN1C(=O)CNC(=O)c1ccnc2ccc(OCCCCC3CCN(C(=O)CN4C(=O)CC(SCC(CCCCNC(=O)CCCc5ccc(I)cc5)NC(=O)CN5CCN(COC=O)CCN(COC=O)CCN(CC(=O)O)CC5)C4=O)CC3)cc12. The summed E-state index contributed by atoms with van der Waals surface area (Å²) in [5.74, 6) is -3.66. The number of aryl methyl sites for hydroxylation is 1. The Hall–Kier alpha value is -7.11. The van der Waals surface area contributed by atoms with Gasteiger partial charge in [0, 0.05) is 118 Å². The van der Waals surface area contributed by atoms with Gasteiger partial charge in [-0.05, 0) is 128 Å². The van der Waals surface area contributed by atoms with Crippen LogP contribution >= 0.6 is 34.4 Å². The number of fused-ring (bicyclic) bond motifs is 1. The smallest absolute Gasteiger partial charge is 0.317 e. The second-order valence-electron chi connectivity index (χ2n) is 24.1. The van der Waals surface area contributed by atoms with Crippen LogP contribution in [-0.4, -0.2) is 258 Å². The minimum absolute atomic E-state index is 0.00946. The topological polar surface area (TPSA) is 290 Å². The molecular weight excluding hydrogens is 1360 g/mol. The van der Waals surface area contributed by atoms with E-state index in [-0.39, 0.29) is 68.6 Å². The zero-order chi connectivity index (χ0) is 67.4. The number of carboxylic acid groups (broad SMARTS) is 1. The van der Waals surface area contributed by atoms with Gasteiger partial charge < -0.3 is 45.1 Å². The Balaban J connectivity index is 0.864. The standard InChI is InChI=1S/C65H86F2IN11O14S/c1-2-51-36-65(66,67)42-79(51)60(85)37-71-63(89)53-18-22-69-55-17-16-52(34-54(53)55)93-33-6-4-8-48-19-23-77(24-20-48)61(86)39-78-59(84)35-56(64(78)90)94-41-50(10-3-5-21-70-57(82)11-7-9-47-12-14-49(68)15-13-47)72-58(83)38-73-25-26-74(40-62(87)88)28-30-76(44-92-46-81)32-31-75(29-27-73)43-91-45-80/h1,12-18,22,34,45-46,48,50-51,56H,3-11,19-21,23-33,35-44H2,(H,70,82)(H,71,89)(H,72,83)(H,87,88)/t50?,51-,56?/m0/s1. The van der Waals surface area contributed by atoms with Crippen molar-refractivity contribution in [3.63, 3.8) is 0 Å². The molecule has 94 heavy (non-hydrogen) atoms. The van der Waals surface area contributed by atoms with E-state index >= 15 is 0 Å². The molecule has 512 valence electrons. The van der Waals surface area contributed by atoms with Crippen LogP contribution in [0, 0.1) is 21.8 Å². The van der Waals surface area contributed by atoms with E-state index in [9.17, 15) is 61.8 Å². The van der Waals surface area contributed by atoms with E-state index < -0.39 is 72.4 Å². The van der Waals surface area contributed by atoms with Gasteiger partial charge in [-0.1, -0.05) is 24.5 Å². The number of aromatic nitrogens is 1. The molecule has 4 aliphatic heterocycles. The number of nitrogens with one attached hydrogen (secondary N) is 3. The number of unbranched alkanes of at least 4 members (excludes halogenated alkanes) is 2. The Labute approximate surface area is 564 Å². The van der Waals surface area contributed by atoms with Crippen LogP contribution in [0.15, 0.2) is 54.7 Å². The van der Waals surface area contributed by atoms with Crippen LogP contribution in [-0.2, 0) is 59.0 Å². The number of halogens is 3. The molecular formula is C65H86F2IN11O14S. The number of pyridine rings is 1. The van der Waals surface area contributed by atoms with Crippen molar-refractivity contribution in [2.45, 2.75) is 107 Å². The lowest BCUT2D eigenvalue weighted by Gasteiger charge is -2.33. The fourth-order valence-electron chi connectivity index (χ4n) is 11.8. The number of hydrogen-bond acceptors (Lipinski definition) is 19. The molecule has 3 aromatic rings. The highest BCUT2D eigenvalue weighted by Gasteiger charge is 2.46. The summed E-state index contributed by atoms with van der Waals surface area (Å²) in [4.78, 5) is 143. The number of aliphatic carboxylic acids is 1. The molecule has 5 heterocycles. The number of carbonyl (C=O) groups excluding carboxylic acids is 9. The lowest BCUT2D eigenvalue weighted by atomic mass is 9.91. The maximum atomic E-state index is 14.1. The number of piperidine rings is 1. The van der Waals surface area contributed by atoms with Crippen molar-refractivity contribution in [2.75, 3.05) is 131 Å². The first-order valence-corrected chi connectivity index (χ1v) is 34.1. The van der Waals surface area contributed by atoms with Gasteiger partial charge in [0.1, 0.15) is 25.8 Å². The second kappa shape index (κ2) is 38.4. The van der Waals surface area contributed by atoms with Gasteiger partial charge in [0.05, 0.1) is 55.2 Å². The molecule has 2 aromatic carbocycles. The van der Waals surface area contributed by atoms with E-state index in [1.807, 2.05) is 26.8 Å². The van der Waals surface area contributed by atoms with Gasteiger partial charge in [-0.2, -0.15) is 0 Å². The minimum atomic E-state index is -3.10. The van der Waals surface area contributed by atoms with E-state index in [1.165, 1.54) is 24.0 Å². The third-order valence-corrected chi connectivity index (χ3v) is 19.2. The van der Waals surface area contributed by atoms with Crippen LogP contribution in [0.25, 0.3) is 10.9 Å². The van der Waals surface area contributed by atoms with E-state index in [1.54, 1.807) is 28.0 Å². The van der Waals surface area contributed by atoms with Crippen LogP contribution in [0.5, 0.6) is 5.75 Å². The highest BCUT2D eigenvalue weighted by Crippen LogP contribution is 2.32. The first kappa shape index (κ1) is 74.3. The molecule has 3 atom stereocenters. The highest BCUT2D eigenvalue weighted by molar-refractivity contribution is 14.1. The summed E-state index contributed by atoms with van der Waals surface area (Å²) in [5.41, 5.74) is 1.91. The number of hydrogen-bond donors (Lipinski definition) is 4. The molecule has 7 amide bonds. The third kappa shape index (κ3) is 24.6. The van der Waals surface area contributed by atoms with E-state index in [2.05, 4.69) is 61.6 Å². The predicted molar refractivity (Wildman–Crippen MR) is 353 cm³/mol. The van der Waals surface area contributed by atoms with Crippen molar-refractivity contribution < 1.29 is 76.0 Å². The number of nitrogens with zero attached hydrogens (tertiary/aromatic N) is 8. The summed E-state index contributed by atoms with van der Waals surface area (Å²) >= 11 is 3.50. The molecule has 0 aliphatic carbocycles. The molecule has 29 heteroatoms. The predicted octanol–water partition coefficient (Wildman–Crippen LogP) is 3.45. The first-order valence-electron chi connectivity index (χ1n) is 32.0. The molecule has 4 saturated heterocycles. The lowest BCUT2D eigenvalue weighted by molar-refractivity contribution is -0.146. The van der Waals surface area contributed by atoms with Crippen LogP contribution in [0.2, 0.25) is 0 Å². The average Bonchev–Trinajstić information content (AvgIpc) is 1.14. The number of ether oxygens (including phenoxy) is 3. The maximum absolute atomic E-state index is 14.1. The zero-order valence-corrected chi connectivity index (χ0v) is 55.9. The van der Waals surface area contributed by atoms with Gasteiger partial charge in [0.25, 0.3) is 24.8 Å². The summed E-state index contributed by atoms with van der Waals surface area (Å²) in [5, 5.41) is 18.1. The summed E-state index contributed by atoms with van der Waals surface area (Å²) in [7, 11) is 0. The van der Waals surface area contributed by atoms with Gasteiger partial charge in [-0.15, -0.1) is 18.2 Å². The molecule has 25 nitrogen and oxygen atoms in total. The summed E-state index contributed by atoms with van der Waals surface area (Å²) in [6.07, 6.45) is 13.7. The molecule has 2 unspecified atom stereocenters. The van der Waals surface area contributed by atoms with Gasteiger partial charge in [-0.3, -0.25) is 77.4 Å². The van der Waals surface area contributed by atoms with Gasteiger partial charge in [0.15, 0.2) is 0 Å². The van der Waals surface area contributed by atoms with Crippen LogP contribution in [0.1, 0.15) is 93.0 Å². The van der Waals surface area contributed by atoms with Crippen molar-refractivity contribution in [2.24, 2.45) is 5.92 Å². The summed E-state index contributed by atoms with van der Waals surface area (Å²) in [6.45, 7) is 3.26. The van der Waals surface area contributed by atoms with Crippen LogP contribution in [0.3, 0.4) is 0 Å². The molecule has 4 N–H and O–H groups in total. The number of benzene rings is 2. The lowest BCUT2D eigenvalue weighted by Crippen LogP contribution is -2.50. The maximum Gasteiger partial charge on any atom is 0.317 e. The Bertz CT molecular complexity index is 3110. The molecule has 7 rings (SSSR count). The molecule has 0 radical (unpaired) electrons. The quantitative estimate of drug-likeness (QED) is 0.0219. The van der Waals surface area contributed by atoms with Crippen molar-refractivity contribution >= 4 is 106 Å². The number of rotatable bonds is 34. The second-order valence-corrected chi connectivity index (χ2v) is 26.5. The number of imide groups is 1. The van der Waals surface area contributed by atoms with Crippen molar-refractivity contribution in [1.29, 1.82) is 0 Å². The number of alkyl halides is 2. The summed E-state index contributed by atoms with van der Waals surface area (Å²) in [6, 6.07) is 13.3. The fourth-order valence-corrected chi connectivity index (χ4v) is 13.4. The normalized spacial score (nSPS) is 19.1. The van der Waals surface area contributed by atoms with Crippen molar-refractivity contribution in [3.05, 3.63) is 69.4 Å².